The molecular weight excluding hydrogens is 430 g/mol. The summed E-state index contributed by atoms with van der Waals surface area (Å²) in [4.78, 5) is 20.7. The number of hydrogen-bond acceptors (Lipinski definition) is 4. The number of carbonyl (C=O) groups excluding carboxylic acids is 1. The van der Waals surface area contributed by atoms with Gasteiger partial charge in [-0.15, -0.1) is 0 Å². The van der Waals surface area contributed by atoms with E-state index in [2.05, 4.69) is 23.0 Å². The van der Waals surface area contributed by atoms with E-state index in [9.17, 15) is 4.79 Å². The van der Waals surface area contributed by atoms with Gasteiger partial charge in [0.2, 0.25) is 0 Å². The second kappa shape index (κ2) is 9.71. The molecule has 0 N–H and O–H groups in total. The Bertz CT molecular complexity index is 1180. The summed E-state index contributed by atoms with van der Waals surface area (Å²) in [6.07, 6.45) is 11.4. The number of rotatable bonds is 6. The lowest BCUT2D eigenvalue weighted by Crippen LogP contribution is -2.28. The van der Waals surface area contributed by atoms with Crippen molar-refractivity contribution in [2.24, 2.45) is 4.99 Å². The fourth-order valence-corrected chi connectivity index (χ4v) is 5.35. The standard InChI is InChI=1S/C27H27N3O2S/c1-32-24-13-11-20(12-14-24)19-30-26(31)25(33-27(30)28-22-7-3-2-4-8-22)17-21-15-16-29(18-21)23-9-5-6-10-23/h2-4,7-8,11-18,23H,5-6,9-10,19H2,1H3/b25-17+,28-27?. The predicted octanol–water partition coefficient (Wildman–Crippen LogP) is 6.42. The summed E-state index contributed by atoms with van der Waals surface area (Å²) in [5, 5.41) is 0.698. The first kappa shape index (κ1) is 21.6. The Balaban J connectivity index is 1.43. The summed E-state index contributed by atoms with van der Waals surface area (Å²) in [7, 11) is 1.65. The third-order valence-electron chi connectivity index (χ3n) is 6.15. The number of aliphatic imine (C=N–C) groups is 1. The van der Waals surface area contributed by atoms with E-state index in [0.29, 0.717) is 22.7 Å². The molecule has 1 aromatic heterocycles. The van der Waals surface area contributed by atoms with Crippen molar-refractivity contribution in [3.05, 3.63) is 89.1 Å². The maximum atomic E-state index is 13.4. The highest BCUT2D eigenvalue weighted by molar-refractivity contribution is 8.18. The van der Waals surface area contributed by atoms with Gasteiger partial charge in [-0.25, -0.2) is 4.99 Å². The lowest BCUT2D eigenvalue weighted by atomic mass is 10.2. The van der Waals surface area contributed by atoms with Crippen molar-refractivity contribution in [3.8, 4) is 5.75 Å². The molecule has 0 unspecified atom stereocenters. The smallest absolute Gasteiger partial charge is 0.267 e. The molecule has 1 saturated carbocycles. The number of benzene rings is 2. The van der Waals surface area contributed by atoms with Crippen LogP contribution in [0, 0.1) is 0 Å². The van der Waals surface area contributed by atoms with Gasteiger partial charge in [0.15, 0.2) is 5.17 Å². The van der Waals surface area contributed by atoms with Gasteiger partial charge >= 0.3 is 0 Å². The average molecular weight is 458 g/mol. The number of para-hydroxylation sites is 1. The van der Waals surface area contributed by atoms with Crippen LogP contribution in [-0.2, 0) is 11.3 Å². The molecule has 0 bridgehead atoms. The largest absolute Gasteiger partial charge is 0.497 e. The van der Waals surface area contributed by atoms with Gasteiger partial charge in [0.05, 0.1) is 24.2 Å². The zero-order valence-corrected chi connectivity index (χ0v) is 19.5. The molecule has 1 amide bonds. The van der Waals surface area contributed by atoms with Crippen LogP contribution in [0.3, 0.4) is 0 Å². The maximum absolute atomic E-state index is 13.4. The molecule has 5 nitrogen and oxygen atoms in total. The van der Waals surface area contributed by atoms with E-state index in [4.69, 9.17) is 9.73 Å². The van der Waals surface area contributed by atoms with Gasteiger partial charge in [0, 0.05) is 18.4 Å². The van der Waals surface area contributed by atoms with E-state index in [1.54, 1.807) is 12.0 Å². The highest BCUT2D eigenvalue weighted by Gasteiger charge is 2.33. The third kappa shape index (κ3) is 4.91. The number of nitrogens with zero attached hydrogens (tertiary/aromatic N) is 3. The first-order valence-electron chi connectivity index (χ1n) is 11.4. The monoisotopic (exact) mass is 457 g/mol. The Morgan fingerprint density at radius 1 is 1.06 bits per heavy atom. The van der Waals surface area contributed by atoms with Gasteiger partial charge in [-0.1, -0.05) is 43.2 Å². The van der Waals surface area contributed by atoms with Crippen LogP contribution in [-0.4, -0.2) is 27.7 Å². The number of carbonyl (C=O) groups is 1. The molecule has 2 aliphatic rings. The molecule has 1 saturated heterocycles. The average Bonchev–Trinajstić information content (AvgIpc) is 3.59. The van der Waals surface area contributed by atoms with Gasteiger partial charge in [0.1, 0.15) is 5.75 Å². The molecule has 2 heterocycles. The SMILES string of the molecule is COc1ccc(CN2C(=O)/C(=C\c3ccn(C4CCCC4)c3)SC2=Nc2ccccc2)cc1. The molecule has 2 aromatic carbocycles. The number of hydrogen-bond donors (Lipinski definition) is 0. The number of methoxy groups -OCH3 is 1. The number of amides is 1. The fraction of sp³-hybridized carbons (Fsp3) is 0.259. The molecular formula is C27H27N3O2S. The quantitative estimate of drug-likeness (QED) is 0.402. The normalized spacial score (nSPS) is 19.2. The van der Waals surface area contributed by atoms with E-state index < -0.39 is 0 Å². The van der Waals surface area contributed by atoms with Crippen LogP contribution < -0.4 is 4.74 Å². The molecule has 1 aliphatic carbocycles. The van der Waals surface area contributed by atoms with Crippen molar-refractivity contribution in [2.45, 2.75) is 38.3 Å². The van der Waals surface area contributed by atoms with E-state index in [1.165, 1.54) is 37.4 Å². The minimum absolute atomic E-state index is 0.0147. The zero-order chi connectivity index (χ0) is 22.6. The van der Waals surface area contributed by atoms with Crippen LogP contribution in [0.1, 0.15) is 42.9 Å². The molecule has 168 valence electrons. The van der Waals surface area contributed by atoms with Crippen LogP contribution in [0.25, 0.3) is 6.08 Å². The van der Waals surface area contributed by atoms with Crippen molar-refractivity contribution in [1.82, 2.24) is 9.47 Å². The number of aromatic nitrogens is 1. The lowest BCUT2D eigenvalue weighted by Gasteiger charge is -2.16. The topological polar surface area (TPSA) is 46.8 Å². The Morgan fingerprint density at radius 3 is 2.55 bits per heavy atom. The molecule has 2 fully saturated rings. The first-order valence-corrected chi connectivity index (χ1v) is 12.2. The second-order valence-corrected chi connectivity index (χ2v) is 9.42. The van der Waals surface area contributed by atoms with Crippen molar-refractivity contribution in [3.63, 3.8) is 0 Å². The Kier molecular flexibility index (Phi) is 6.35. The third-order valence-corrected chi connectivity index (χ3v) is 7.16. The summed E-state index contributed by atoms with van der Waals surface area (Å²) < 4.78 is 7.57. The molecule has 33 heavy (non-hydrogen) atoms. The van der Waals surface area contributed by atoms with Crippen LogP contribution in [0.4, 0.5) is 5.69 Å². The first-order chi connectivity index (χ1) is 16.2. The number of amidine groups is 1. The molecule has 5 rings (SSSR count). The number of ether oxygens (including phenoxy) is 1. The van der Waals surface area contributed by atoms with Crippen molar-refractivity contribution < 1.29 is 9.53 Å². The minimum Gasteiger partial charge on any atom is -0.497 e. The Hall–Kier alpha value is -3.25. The zero-order valence-electron chi connectivity index (χ0n) is 18.7. The maximum Gasteiger partial charge on any atom is 0.267 e. The van der Waals surface area contributed by atoms with E-state index >= 15 is 0 Å². The second-order valence-electron chi connectivity index (χ2n) is 8.41. The van der Waals surface area contributed by atoms with Gasteiger partial charge < -0.3 is 9.30 Å². The fourth-order valence-electron chi connectivity index (χ4n) is 4.35. The Labute approximate surface area is 198 Å². The highest BCUT2D eigenvalue weighted by atomic mass is 32.2. The van der Waals surface area contributed by atoms with Gasteiger partial charge in [-0.3, -0.25) is 9.69 Å². The van der Waals surface area contributed by atoms with Crippen molar-refractivity contribution in [1.29, 1.82) is 0 Å². The van der Waals surface area contributed by atoms with Gasteiger partial charge in [-0.2, -0.15) is 0 Å². The summed E-state index contributed by atoms with van der Waals surface area (Å²) in [5.74, 6) is 0.783. The van der Waals surface area contributed by atoms with Crippen LogP contribution in [0.5, 0.6) is 5.75 Å². The molecule has 0 radical (unpaired) electrons. The molecule has 6 heteroatoms. The van der Waals surface area contributed by atoms with Gasteiger partial charge in [-0.05, 0) is 72.1 Å². The molecule has 0 spiro atoms. The molecule has 0 atom stereocenters. The summed E-state index contributed by atoms with van der Waals surface area (Å²) >= 11 is 1.44. The predicted molar refractivity (Wildman–Crippen MR) is 135 cm³/mol. The van der Waals surface area contributed by atoms with E-state index in [-0.39, 0.29) is 5.91 Å². The van der Waals surface area contributed by atoms with E-state index in [1.807, 2.05) is 60.7 Å². The Morgan fingerprint density at radius 2 is 1.82 bits per heavy atom. The van der Waals surface area contributed by atoms with Crippen LogP contribution in [0.2, 0.25) is 0 Å². The molecule has 3 aromatic rings. The number of thioether (sulfide) groups is 1. The van der Waals surface area contributed by atoms with Crippen LogP contribution in [0.15, 0.2) is 83.0 Å². The highest BCUT2D eigenvalue weighted by Crippen LogP contribution is 2.36. The summed E-state index contributed by atoms with van der Waals surface area (Å²) in [6.45, 7) is 0.460. The van der Waals surface area contributed by atoms with Crippen molar-refractivity contribution >= 4 is 34.6 Å². The lowest BCUT2D eigenvalue weighted by molar-refractivity contribution is -0.122. The van der Waals surface area contributed by atoms with Gasteiger partial charge in [0.25, 0.3) is 5.91 Å². The van der Waals surface area contributed by atoms with E-state index in [0.717, 1.165) is 22.6 Å². The minimum atomic E-state index is -0.0147. The van der Waals surface area contributed by atoms with Crippen LogP contribution >= 0.6 is 11.8 Å². The molecule has 1 aliphatic heterocycles. The van der Waals surface area contributed by atoms with Crippen molar-refractivity contribution in [2.75, 3.05) is 7.11 Å². The summed E-state index contributed by atoms with van der Waals surface area (Å²) in [5.41, 5.74) is 2.92. The summed E-state index contributed by atoms with van der Waals surface area (Å²) in [6, 6.07) is 20.3.